The van der Waals surface area contributed by atoms with E-state index in [1.807, 2.05) is 0 Å². The highest BCUT2D eigenvalue weighted by atomic mass is 16.2. The van der Waals surface area contributed by atoms with Crippen LogP contribution in [0, 0.1) is 0 Å². The van der Waals surface area contributed by atoms with Gasteiger partial charge in [0.05, 0.1) is 0 Å². The molecule has 0 aromatic carbocycles. The summed E-state index contributed by atoms with van der Waals surface area (Å²) in [6.07, 6.45) is 19.0. The van der Waals surface area contributed by atoms with Gasteiger partial charge in [-0.2, -0.15) is 0 Å². The van der Waals surface area contributed by atoms with E-state index in [2.05, 4.69) is 20.8 Å². The molecule has 1 heteroatoms. The van der Waals surface area contributed by atoms with E-state index in [4.69, 9.17) is 5.11 Å². The van der Waals surface area contributed by atoms with E-state index in [-0.39, 0.29) is 0 Å². The van der Waals surface area contributed by atoms with E-state index in [0.29, 0.717) is 6.61 Å². The van der Waals surface area contributed by atoms with Crippen LogP contribution in [0.15, 0.2) is 0 Å². The van der Waals surface area contributed by atoms with Crippen LogP contribution in [0.1, 0.15) is 111 Å². The summed E-state index contributed by atoms with van der Waals surface area (Å²) in [6.45, 7) is 7.12. The summed E-state index contributed by atoms with van der Waals surface area (Å²) in [5.74, 6) is 0. The van der Waals surface area contributed by atoms with Gasteiger partial charge in [-0.05, 0) is 6.42 Å². The van der Waals surface area contributed by atoms with E-state index in [0.717, 1.165) is 6.42 Å². The summed E-state index contributed by atoms with van der Waals surface area (Å²) >= 11 is 0. The molecule has 0 aliphatic carbocycles. The summed E-state index contributed by atoms with van der Waals surface area (Å²) in [5.41, 5.74) is 0. The average molecular weight is 273 g/mol. The number of hydrogen-bond donors (Lipinski definition) is 1. The van der Waals surface area contributed by atoms with Crippen molar-refractivity contribution in [2.45, 2.75) is 111 Å². The molecule has 0 saturated carbocycles. The Morgan fingerprint density at radius 1 is 0.421 bits per heavy atom. The summed E-state index contributed by atoms with van der Waals surface area (Å²) in [6, 6.07) is 0. The van der Waals surface area contributed by atoms with Crippen molar-refractivity contribution in [2.24, 2.45) is 0 Å². The fourth-order valence-electron chi connectivity index (χ4n) is 2.10. The largest absolute Gasteiger partial charge is 0.396 e. The van der Waals surface area contributed by atoms with E-state index in [1.54, 1.807) is 0 Å². The molecule has 0 unspecified atom stereocenters. The Kier molecular flexibility index (Phi) is 25.8. The Balaban J connectivity index is 0. The monoisotopic (exact) mass is 272 g/mol. The quantitative estimate of drug-likeness (QED) is 0.380. The first kappa shape index (κ1) is 21.3. The molecule has 0 aromatic heterocycles. The summed E-state index contributed by atoms with van der Waals surface area (Å²) in [4.78, 5) is 0. The number of aliphatic hydroxyl groups excluding tert-OH is 1. The lowest BCUT2D eigenvalue weighted by Crippen LogP contribution is -1.82. The maximum absolute atomic E-state index is 8.42. The van der Waals surface area contributed by atoms with Crippen LogP contribution in [-0.2, 0) is 0 Å². The molecule has 0 bridgehead atoms. The molecular formula is C18H40O. The van der Waals surface area contributed by atoms with Crippen LogP contribution in [-0.4, -0.2) is 11.7 Å². The second-order valence-corrected chi connectivity index (χ2v) is 5.61. The van der Waals surface area contributed by atoms with Crippen LogP contribution in [0.2, 0.25) is 0 Å². The van der Waals surface area contributed by atoms with E-state index in [1.165, 1.54) is 83.5 Å². The topological polar surface area (TPSA) is 20.2 Å². The van der Waals surface area contributed by atoms with Crippen molar-refractivity contribution in [3.8, 4) is 0 Å². The van der Waals surface area contributed by atoms with Crippen LogP contribution in [0.25, 0.3) is 0 Å². The first-order valence-corrected chi connectivity index (χ1v) is 8.94. The van der Waals surface area contributed by atoms with Crippen LogP contribution in [0.3, 0.4) is 0 Å². The second kappa shape index (κ2) is 23.1. The highest BCUT2D eigenvalue weighted by Gasteiger charge is 1.87. The number of hydrogen-bond acceptors (Lipinski definition) is 1. The van der Waals surface area contributed by atoms with Crippen molar-refractivity contribution in [2.75, 3.05) is 6.61 Å². The van der Waals surface area contributed by atoms with Crippen molar-refractivity contribution >= 4 is 0 Å². The lowest BCUT2D eigenvalue weighted by Gasteiger charge is -1.97. The molecule has 0 aliphatic rings. The molecule has 0 heterocycles. The molecule has 0 aliphatic heterocycles. The fraction of sp³-hybridized carbons (Fsp3) is 1.00. The molecule has 1 nitrogen and oxygen atoms in total. The Morgan fingerprint density at radius 2 is 0.684 bits per heavy atom. The summed E-state index contributed by atoms with van der Waals surface area (Å²) in [5, 5.41) is 8.42. The SMILES string of the molecule is CCCCCCCCCC.CCCCCCCCO. The molecule has 0 atom stereocenters. The number of rotatable bonds is 13. The van der Waals surface area contributed by atoms with Gasteiger partial charge in [-0.3, -0.25) is 0 Å². The predicted molar refractivity (Wildman–Crippen MR) is 88.7 cm³/mol. The summed E-state index contributed by atoms with van der Waals surface area (Å²) in [7, 11) is 0. The molecule has 118 valence electrons. The standard InChI is InChI=1S/C10H22.C8H18O/c1-3-5-7-9-10-8-6-4-2;1-2-3-4-5-6-7-8-9/h3-10H2,1-2H3;9H,2-8H2,1H3. The van der Waals surface area contributed by atoms with Gasteiger partial charge in [0.2, 0.25) is 0 Å². The molecule has 0 radical (unpaired) electrons. The minimum Gasteiger partial charge on any atom is -0.396 e. The van der Waals surface area contributed by atoms with Crippen LogP contribution >= 0.6 is 0 Å². The highest BCUT2D eigenvalue weighted by molar-refractivity contribution is 4.43. The highest BCUT2D eigenvalue weighted by Crippen LogP contribution is 2.07. The molecular weight excluding hydrogens is 232 g/mol. The van der Waals surface area contributed by atoms with E-state index >= 15 is 0 Å². The molecule has 19 heavy (non-hydrogen) atoms. The third kappa shape index (κ3) is 27.2. The minimum absolute atomic E-state index is 0.367. The van der Waals surface area contributed by atoms with Crippen molar-refractivity contribution < 1.29 is 5.11 Å². The molecule has 0 aromatic rings. The third-order valence-corrected chi connectivity index (χ3v) is 3.47. The lowest BCUT2D eigenvalue weighted by atomic mass is 10.1. The average Bonchev–Trinajstić information content (AvgIpc) is 2.43. The van der Waals surface area contributed by atoms with Crippen LogP contribution < -0.4 is 0 Å². The predicted octanol–water partition coefficient (Wildman–Crippen LogP) is 6.49. The van der Waals surface area contributed by atoms with E-state index < -0.39 is 0 Å². The molecule has 0 rings (SSSR count). The Bertz CT molecular complexity index is 109. The number of unbranched alkanes of at least 4 members (excludes halogenated alkanes) is 12. The summed E-state index contributed by atoms with van der Waals surface area (Å²) < 4.78 is 0. The maximum atomic E-state index is 8.42. The normalized spacial score (nSPS) is 10.1. The lowest BCUT2D eigenvalue weighted by molar-refractivity contribution is 0.282. The van der Waals surface area contributed by atoms with Gasteiger partial charge in [0.1, 0.15) is 0 Å². The van der Waals surface area contributed by atoms with Crippen LogP contribution in [0.5, 0.6) is 0 Å². The van der Waals surface area contributed by atoms with Gasteiger partial charge in [-0.1, -0.05) is 104 Å². The number of aliphatic hydroxyl groups is 1. The Hall–Kier alpha value is -0.0400. The molecule has 0 fully saturated rings. The second-order valence-electron chi connectivity index (χ2n) is 5.61. The third-order valence-electron chi connectivity index (χ3n) is 3.47. The Morgan fingerprint density at radius 3 is 0.947 bits per heavy atom. The fourth-order valence-corrected chi connectivity index (χ4v) is 2.10. The van der Waals surface area contributed by atoms with Gasteiger partial charge in [0, 0.05) is 6.61 Å². The first-order valence-electron chi connectivity index (χ1n) is 8.94. The van der Waals surface area contributed by atoms with Crippen molar-refractivity contribution in [1.29, 1.82) is 0 Å². The molecule has 0 spiro atoms. The minimum atomic E-state index is 0.367. The van der Waals surface area contributed by atoms with Gasteiger partial charge in [-0.15, -0.1) is 0 Å². The smallest absolute Gasteiger partial charge is 0.0431 e. The van der Waals surface area contributed by atoms with Crippen LogP contribution in [0.4, 0.5) is 0 Å². The molecule has 0 saturated heterocycles. The maximum Gasteiger partial charge on any atom is 0.0431 e. The van der Waals surface area contributed by atoms with Gasteiger partial charge in [-0.25, -0.2) is 0 Å². The Labute approximate surface area is 123 Å². The zero-order valence-corrected chi connectivity index (χ0v) is 14.1. The van der Waals surface area contributed by atoms with Crippen molar-refractivity contribution in [3.63, 3.8) is 0 Å². The van der Waals surface area contributed by atoms with E-state index in [9.17, 15) is 0 Å². The zero-order valence-electron chi connectivity index (χ0n) is 14.1. The van der Waals surface area contributed by atoms with Gasteiger partial charge < -0.3 is 5.11 Å². The first-order chi connectivity index (χ1) is 9.33. The van der Waals surface area contributed by atoms with Gasteiger partial charge in [0.15, 0.2) is 0 Å². The van der Waals surface area contributed by atoms with Gasteiger partial charge >= 0.3 is 0 Å². The zero-order chi connectivity index (χ0) is 14.6. The molecule has 0 amide bonds. The van der Waals surface area contributed by atoms with Gasteiger partial charge in [0.25, 0.3) is 0 Å². The van der Waals surface area contributed by atoms with Crippen molar-refractivity contribution in [3.05, 3.63) is 0 Å². The molecule has 1 N–H and O–H groups in total. The van der Waals surface area contributed by atoms with Crippen molar-refractivity contribution in [1.82, 2.24) is 0 Å².